The molecule has 0 aliphatic carbocycles. The van der Waals surface area contributed by atoms with Crippen molar-refractivity contribution in [2.45, 2.75) is 25.3 Å². The Hall–Kier alpha value is -2.09. The number of rotatable bonds is 8. The fourth-order valence-corrected chi connectivity index (χ4v) is 4.51. The van der Waals surface area contributed by atoms with E-state index < -0.39 is 0 Å². The minimum absolute atomic E-state index is 0.0660. The Morgan fingerprint density at radius 2 is 2.03 bits per heavy atom. The smallest absolute Gasteiger partial charge is 0.191 e. The van der Waals surface area contributed by atoms with Gasteiger partial charge in [0.1, 0.15) is 5.75 Å². The van der Waals surface area contributed by atoms with Crippen LogP contribution in [0.15, 0.2) is 46.8 Å². The summed E-state index contributed by atoms with van der Waals surface area (Å²) >= 11 is 1.81. The number of morpholine rings is 1. The molecule has 0 spiro atoms. The third-order valence-electron chi connectivity index (χ3n) is 5.59. The largest absolute Gasteiger partial charge is 0.497 e. The average Bonchev–Trinajstić information content (AvgIpc) is 3.31. The van der Waals surface area contributed by atoms with Crippen LogP contribution >= 0.6 is 11.3 Å². The fraction of sp³-hybridized carbons (Fsp3) is 0.522. The lowest BCUT2D eigenvalue weighted by atomic mass is 9.84. The average molecular weight is 431 g/mol. The predicted molar refractivity (Wildman–Crippen MR) is 125 cm³/mol. The van der Waals surface area contributed by atoms with Crippen LogP contribution in [0.1, 0.15) is 30.3 Å². The molecule has 2 heterocycles. The Bertz CT molecular complexity index is 801. The van der Waals surface area contributed by atoms with Gasteiger partial charge in [0.2, 0.25) is 0 Å². The van der Waals surface area contributed by atoms with Crippen LogP contribution in [0.3, 0.4) is 0 Å². The van der Waals surface area contributed by atoms with Gasteiger partial charge in [-0.15, -0.1) is 11.3 Å². The SMILES string of the molecule is CN=C(NCC(c1cccs1)N1CCOCC1)NCC(C)(C)c1cccc(OC)c1. The second-order valence-electron chi connectivity index (χ2n) is 8.10. The first-order valence-corrected chi connectivity index (χ1v) is 11.4. The molecule has 164 valence electrons. The van der Waals surface area contributed by atoms with Crippen LogP contribution in [0.4, 0.5) is 0 Å². The van der Waals surface area contributed by atoms with Crippen molar-refractivity contribution in [2.75, 3.05) is 53.6 Å². The number of aliphatic imine (C=N–C) groups is 1. The van der Waals surface area contributed by atoms with Gasteiger partial charge < -0.3 is 20.1 Å². The summed E-state index contributed by atoms with van der Waals surface area (Å²) in [4.78, 5) is 8.31. The van der Waals surface area contributed by atoms with E-state index in [1.165, 1.54) is 10.4 Å². The molecule has 1 atom stereocenters. The van der Waals surface area contributed by atoms with Gasteiger partial charge in [-0.1, -0.05) is 32.0 Å². The number of nitrogens with zero attached hydrogens (tertiary/aromatic N) is 2. The maximum absolute atomic E-state index is 5.54. The van der Waals surface area contributed by atoms with E-state index in [0.717, 1.165) is 51.1 Å². The van der Waals surface area contributed by atoms with E-state index in [1.54, 1.807) is 7.11 Å². The highest BCUT2D eigenvalue weighted by Gasteiger charge is 2.25. The fourth-order valence-electron chi connectivity index (χ4n) is 3.64. The molecule has 1 aromatic carbocycles. The number of guanidine groups is 1. The van der Waals surface area contributed by atoms with Crippen molar-refractivity contribution < 1.29 is 9.47 Å². The van der Waals surface area contributed by atoms with Gasteiger partial charge in [0, 0.05) is 43.5 Å². The molecule has 6 nitrogen and oxygen atoms in total. The minimum atomic E-state index is -0.0660. The molecule has 2 aromatic rings. The lowest BCUT2D eigenvalue weighted by Gasteiger charge is -2.34. The molecule has 1 unspecified atom stereocenters. The molecular formula is C23H34N4O2S. The molecular weight excluding hydrogens is 396 g/mol. The Balaban J connectivity index is 1.60. The zero-order valence-corrected chi connectivity index (χ0v) is 19.3. The monoisotopic (exact) mass is 430 g/mol. The highest BCUT2D eigenvalue weighted by atomic mass is 32.1. The molecule has 0 saturated carbocycles. The lowest BCUT2D eigenvalue weighted by molar-refractivity contribution is 0.0177. The van der Waals surface area contributed by atoms with Crippen LogP contribution in [-0.2, 0) is 10.2 Å². The second kappa shape index (κ2) is 10.8. The van der Waals surface area contributed by atoms with Crippen molar-refractivity contribution in [1.29, 1.82) is 0 Å². The van der Waals surface area contributed by atoms with E-state index in [1.807, 2.05) is 30.5 Å². The van der Waals surface area contributed by atoms with Gasteiger partial charge in [-0.2, -0.15) is 0 Å². The summed E-state index contributed by atoms with van der Waals surface area (Å²) in [5.41, 5.74) is 1.17. The third-order valence-corrected chi connectivity index (χ3v) is 6.57. The van der Waals surface area contributed by atoms with E-state index >= 15 is 0 Å². The van der Waals surface area contributed by atoms with Gasteiger partial charge in [-0.25, -0.2) is 0 Å². The minimum Gasteiger partial charge on any atom is -0.497 e. The normalized spacial score (nSPS) is 16.9. The molecule has 1 aliphatic heterocycles. The highest BCUT2D eigenvalue weighted by Crippen LogP contribution is 2.27. The maximum atomic E-state index is 5.54. The van der Waals surface area contributed by atoms with Crippen molar-refractivity contribution >= 4 is 17.3 Å². The van der Waals surface area contributed by atoms with Crippen molar-refractivity contribution in [3.05, 3.63) is 52.2 Å². The molecule has 2 N–H and O–H groups in total. The molecule has 1 saturated heterocycles. The number of benzene rings is 1. The molecule has 0 bridgehead atoms. The van der Waals surface area contributed by atoms with E-state index in [-0.39, 0.29) is 5.41 Å². The van der Waals surface area contributed by atoms with Crippen LogP contribution in [0.5, 0.6) is 5.75 Å². The van der Waals surface area contributed by atoms with Gasteiger partial charge in [0.25, 0.3) is 0 Å². The van der Waals surface area contributed by atoms with E-state index in [2.05, 4.69) is 64.0 Å². The van der Waals surface area contributed by atoms with Crippen LogP contribution in [0.2, 0.25) is 0 Å². The summed E-state index contributed by atoms with van der Waals surface area (Å²) in [7, 11) is 3.53. The zero-order chi connectivity index (χ0) is 21.4. The quantitative estimate of drug-likeness (QED) is 0.497. The molecule has 30 heavy (non-hydrogen) atoms. The molecule has 1 aliphatic rings. The Labute approximate surface area is 184 Å². The first-order valence-electron chi connectivity index (χ1n) is 10.5. The second-order valence-corrected chi connectivity index (χ2v) is 9.08. The van der Waals surface area contributed by atoms with Crippen LogP contribution in [0, 0.1) is 0 Å². The summed E-state index contributed by atoms with van der Waals surface area (Å²) in [5, 5.41) is 9.19. The summed E-state index contributed by atoms with van der Waals surface area (Å²) in [5.74, 6) is 1.70. The first-order chi connectivity index (χ1) is 14.5. The molecule has 1 fully saturated rings. The number of thiophene rings is 1. The van der Waals surface area contributed by atoms with Crippen LogP contribution < -0.4 is 15.4 Å². The predicted octanol–water partition coefficient (Wildman–Crippen LogP) is 3.27. The van der Waals surface area contributed by atoms with Gasteiger partial charge in [-0.05, 0) is 29.1 Å². The van der Waals surface area contributed by atoms with Crippen LogP contribution in [-0.4, -0.2) is 64.4 Å². The van der Waals surface area contributed by atoms with Gasteiger partial charge in [0.05, 0.1) is 26.4 Å². The van der Waals surface area contributed by atoms with Gasteiger partial charge >= 0.3 is 0 Å². The number of methoxy groups -OCH3 is 1. The van der Waals surface area contributed by atoms with Gasteiger partial charge in [-0.3, -0.25) is 9.89 Å². The Morgan fingerprint density at radius 1 is 1.23 bits per heavy atom. The topological polar surface area (TPSA) is 58.1 Å². The Morgan fingerprint density at radius 3 is 2.70 bits per heavy atom. The lowest BCUT2D eigenvalue weighted by Crippen LogP contribution is -2.48. The summed E-state index contributed by atoms with van der Waals surface area (Å²) in [6.45, 7) is 9.53. The Kier molecular flexibility index (Phi) is 8.13. The summed E-state index contributed by atoms with van der Waals surface area (Å²) < 4.78 is 10.9. The number of nitrogens with one attached hydrogen (secondary N) is 2. The van der Waals surface area contributed by atoms with Crippen molar-refractivity contribution in [2.24, 2.45) is 4.99 Å². The maximum Gasteiger partial charge on any atom is 0.191 e. The van der Waals surface area contributed by atoms with Crippen molar-refractivity contribution in [1.82, 2.24) is 15.5 Å². The van der Waals surface area contributed by atoms with Crippen LogP contribution in [0.25, 0.3) is 0 Å². The number of hydrogen-bond donors (Lipinski definition) is 2. The van der Waals surface area contributed by atoms with Crippen molar-refractivity contribution in [3.8, 4) is 5.75 Å². The molecule has 1 aromatic heterocycles. The molecule has 0 amide bonds. The summed E-state index contributed by atoms with van der Waals surface area (Å²) in [6, 6.07) is 12.9. The number of hydrogen-bond acceptors (Lipinski definition) is 5. The third kappa shape index (κ3) is 5.97. The first kappa shape index (κ1) is 22.6. The number of ether oxygens (including phenoxy) is 2. The summed E-state index contributed by atoms with van der Waals surface area (Å²) in [6.07, 6.45) is 0. The van der Waals surface area contributed by atoms with Gasteiger partial charge in [0.15, 0.2) is 5.96 Å². The van der Waals surface area contributed by atoms with E-state index in [0.29, 0.717) is 6.04 Å². The highest BCUT2D eigenvalue weighted by molar-refractivity contribution is 7.10. The molecule has 0 radical (unpaired) electrons. The zero-order valence-electron chi connectivity index (χ0n) is 18.5. The van der Waals surface area contributed by atoms with E-state index in [9.17, 15) is 0 Å². The van der Waals surface area contributed by atoms with Crippen molar-refractivity contribution in [3.63, 3.8) is 0 Å². The molecule has 3 rings (SSSR count). The molecule has 7 heteroatoms. The van der Waals surface area contributed by atoms with E-state index in [4.69, 9.17) is 9.47 Å². The standard InChI is InChI=1S/C23H34N4O2S/c1-23(2,18-7-5-8-19(15-18)28-4)17-26-22(24-3)25-16-20(21-9-6-14-30-21)27-10-12-29-13-11-27/h5-9,14-15,20H,10-13,16-17H2,1-4H3,(H2,24,25,26).